The van der Waals surface area contributed by atoms with Crippen LogP contribution in [0.4, 0.5) is 17.1 Å². The zero-order valence-corrected chi connectivity index (χ0v) is 12.5. The molecule has 0 aliphatic carbocycles. The molecule has 0 saturated heterocycles. The second-order valence-electron chi connectivity index (χ2n) is 5.23. The largest absolute Gasteiger partial charge is 0.358 e. The van der Waals surface area contributed by atoms with Gasteiger partial charge in [0.2, 0.25) is 5.78 Å². The number of benzene rings is 1. The van der Waals surface area contributed by atoms with E-state index in [2.05, 4.69) is 10.6 Å². The topological polar surface area (TPSA) is 105 Å². The maximum Gasteiger partial charge on any atom is 0.274 e. The first-order valence-corrected chi connectivity index (χ1v) is 6.54. The van der Waals surface area contributed by atoms with Crippen molar-refractivity contribution < 1.29 is 14.5 Å². The lowest BCUT2D eigenvalue weighted by Crippen LogP contribution is -2.22. The normalized spacial score (nSPS) is 12.8. The van der Waals surface area contributed by atoms with Gasteiger partial charge in [0.05, 0.1) is 16.3 Å². The second kappa shape index (κ2) is 5.94. The predicted molar refractivity (Wildman–Crippen MR) is 81.6 cm³/mol. The molecule has 0 saturated carbocycles. The number of nitrogens with one attached hydrogen (secondary N) is 2. The molecule has 8 nitrogen and oxygen atoms in total. The Hall–Kier alpha value is -2.74. The number of allylic oxidation sites excluding steroid dienone is 1. The van der Waals surface area contributed by atoms with Crippen LogP contribution in [0.2, 0.25) is 0 Å². The Labute approximate surface area is 126 Å². The molecular weight excluding hydrogens is 288 g/mol. The minimum atomic E-state index is -0.690. The van der Waals surface area contributed by atoms with Crippen LogP contribution >= 0.6 is 0 Å². The van der Waals surface area contributed by atoms with Gasteiger partial charge in [-0.25, -0.2) is 0 Å². The third kappa shape index (κ3) is 2.82. The lowest BCUT2D eigenvalue weighted by atomic mass is 10.0. The van der Waals surface area contributed by atoms with E-state index < -0.39 is 10.7 Å². The van der Waals surface area contributed by atoms with Crippen LogP contribution in [0, 0.1) is 17.0 Å². The molecule has 22 heavy (non-hydrogen) atoms. The van der Waals surface area contributed by atoms with Gasteiger partial charge in [0, 0.05) is 29.9 Å². The average molecular weight is 304 g/mol. The van der Waals surface area contributed by atoms with Gasteiger partial charge >= 0.3 is 0 Å². The third-order valence-electron chi connectivity index (χ3n) is 3.36. The van der Waals surface area contributed by atoms with Crippen LogP contribution in [0.5, 0.6) is 0 Å². The number of nitro benzene ring substituents is 1. The lowest BCUT2D eigenvalue weighted by molar-refractivity contribution is -0.385. The molecule has 0 amide bonds. The van der Waals surface area contributed by atoms with Crippen molar-refractivity contribution in [2.24, 2.45) is 0 Å². The number of anilines is 2. The Morgan fingerprint density at radius 3 is 2.68 bits per heavy atom. The molecule has 1 heterocycles. The number of Topliss-reactive ketones (excluding diaryl/α,β-unsaturated/α-hetero) is 1. The number of hydrogen-bond acceptors (Lipinski definition) is 7. The maximum atomic E-state index is 11.5. The number of carbonyl (C=O) groups excluding carboxylic acids is 2. The molecule has 2 N–H and O–H groups in total. The van der Waals surface area contributed by atoms with Crippen LogP contribution in [-0.2, 0) is 16.1 Å². The number of nitro groups is 1. The molecule has 0 bridgehead atoms. The van der Waals surface area contributed by atoms with Gasteiger partial charge in [0.1, 0.15) is 5.70 Å². The number of aldehydes is 1. The highest BCUT2D eigenvalue weighted by atomic mass is 16.6. The summed E-state index contributed by atoms with van der Waals surface area (Å²) in [5.74, 6) is -0.690. The molecule has 0 spiro atoms. The number of ketones is 1. The molecule has 0 radical (unpaired) electrons. The van der Waals surface area contributed by atoms with Crippen molar-refractivity contribution in [3.8, 4) is 0 Å². The fourth-order valence-corrected chi connectivity index (χ4v) is 2.30. The molecular formula is C14H16N4O4. The fraction of sp³-hybridized carbons (Fsp3) is 0.286. The Kier molecular flexibility index (Phi) is 4.22. The summed E-state index contributed by atoms with van der Waals surface area (Å²) in [5.41, 5.74) is 2.40. The SMILES string of the molecule is Cc1c([N+](=O)[O-])cc2c(c1CN(C)C)NC(C(=O)C=O)=CN2. The lowest BCUT2D eigenvalue weighted by Gasteiger charge is -2.24. The summed E-state index contributed by atoms with van der Waals surface area (Å²) in [5, 5.41) is 16.9. The molecule has 1 aliphatic heterocycles. The zero-order chi connectivity index (χ0) is 16.4. The zero-order valence-electron chi connectivity index (χ0n) is 12.5. The number of carbonyl (C=O) groups is 2. The van der Waals surface area contributed by atoms with Crippen LogP contribution < -0.4 is 10.6 Å². The van der Waals surface area contributed by atoms with E-state index in [9.17, 15) is 19.7 Å². The minimum absolute atomic E-state index is 0.00321. The minimum Gasteiger partial charge on any atom is -0.358 e. The summed E-state index contributed by atoms with van der Waals surface area (Å²) in [6, 6.07) is 1.41. The van der Waals surface area contributed by atoms with Crippen LogP contribution in [0.1, 0.15) is 11.1 Å². The molecule has 8 heteroatoms. The average Bonchev–Trinajstić information content (AvgIpc) is 2.47. The summed E-state index contributed by atoms with van der Waals surface area (Å²) in [7, 11) is 3.68. The van der Waals surface area contributed by atoms with Gasteiger partial charge in [-0.1, -0.05) is 0 Å². The van der Waals surface area contributed by atoms with Gasteiger partial charge in [0.15, 0.2) is 6.29 Å². The molecule has 0 aromatic heterocycles. The van der Waals surface area contributed by atoms with Gasteiger partial charge in [-0.15, -0.1) is 0 Å². The highest BCUT2D eigenvalue weighted by molar-refractivity contribution is 6.34. The smallest absolute Gasteiger partial charge is 0.274 e. The van der Waals surface area contributed by atoms with Gasteiger partial charge in [-0.05, 0) is 21.0 Å². The molecule has 0 unspecified atom stereocenters. The number of hydrogen-bond donors (Lipinski definition) is 2. The number of fused-ring (bicyclic) bond motifs is 1. The summed E-state index contributed by atoms with van der Waals surface area (Å²) < 4.78 is 0. The van der Waals surface area contributed by atoms with Crippen LogP contribution in [0.15, 0.2) is 18.0 Å². The quantitative estimate of drug-likeness (QED) is 0.367. The fourth-order valence-electron chi connectivity index (χ4n) is 2.30. The van der Waals surface area contributed by atoms with E-state index in [1.54, 1.807) is 6.92 Å². The van der Waals surface area contributed by atoms with Crippen LogP contribution in [0.25, 0.3) is 0 Å². The molecule has 0 fully saturated rings. The van der Waals surface area contributed by atoms with Gasteiger partial charge < -0.3 is 15.5 Å². The molecule has 1 aliphatic rings. The molecule has 1 aromatic carbocycles. The van der Waals surface area contributed by atoms with Crippen LogP contribution in [0.3, 0.4) is 0 Å². The molecule has 2 rings (SSSR count). The highest BCUT2D eigenvalue weighted by Crippen LogP contribution is 2.38. The number of rotatable bonds is 5. The van der Waals surface area contributed by atoms with Crippen molar-refractivity contribution in [1.82, 2.24) is 4.90 Å². The molecule has 116 valence electrons. The van der Waals surface area contributed by atoms with Crippen molar-refractivity contribution in [3.05, 3.63) is 39.2 Å². The Bertz CT molecular complexity index is 695. The van der Waals surface area contributed by atoms with Crippen LogP contribution in [-0.4, -0.2) is 36.0 Å². The Balaban J connectivity index is 2.58. The van der Waals surface area contributed by atoms with E-state index in [1.165, 1.54) is 12.3 Å². The van der Waals surface area contributed by atoms with Gasteiger partial charge in [0.25, 0.3) is 5.69 Å². The standard InChI is InChI=1S/C14H16N4O4/c1-8-9(6-17(2)3)14-10(4-12(8)18(21)22)15-5-11(16-14)13(20)7-19/h4-5,7,15-16H,6H2,1-3H3. The Morgan fingerprint density at radius 2 is 2.14 bits per heavy atom. The second-order valence-corrected chi connectivity index (χ2v) is 5.23. The van der Waals surface area contributed by atoms with Crippen molar-refractivity contribution in [3.63, 3.8) is 0 Å². The van der Waals surface area contributed by atoms with E-state index in [0.29, 0.717) is 29.0 Å². The Morgan fingerprint density at radius 1 is 1.45 bits per heavy atom. The molecule has 1 aromatic rings. The summed E-state index contributed by atoms with van der Waals surface area (Å²) >= 11 is 0. The van der Waals surface area contributed by atoms with E-state index in [0.717, 1.165) is 0 Å². The summed E-state index contributed by atoms with van der Waals surface area (Å²) in [6.07, 6.45) is 1.55. The van der Waals surface area contributed by atoms with E-state index in [1.807, 2.05) is 19.0 Å². The van der Waals surface area contributed by atoms with Crippen molar-refractivity contribution in [1.29, 1.82) is 0 Å². The van der Waals surface area contributed by atoms with Crippen molar-refractivity contribution >= 4 is 29.1 Å². The first-order chi connectivity index (χ1) is 10.3. The molecule has 0 atom stereocenters. The maximum absolute atomic E-state index is 11.5. The van der Waals surface area contributed by atoms with E-state index in [-0.39, 0.29) is 17.7 Å². The first-order valence-electron chi connectivity index (χ1n) is 6.54. The van der Waals surface area contributed by atoms with Gasteiger partial charge in [-0.2, -0.15) is 0 Å². The number of nitrogens with zero attached hydrogens (tertiary/aromatic N) is 2. The van der Waals surface area contributed by atoms with E-state index >= 15 is 0 Å². The highest BCUT2D eigenvalue weighted by Gasteiger charge is 2.25. The monoisotopic (exact) mass is 304 g/mol. The summed E-state index contributed by atoms with van der Waals surface area (Å²) in [4.78, 5) is 34.8. The summed E-state index contributed by atoms with van der Waals surface area (Å²) in [6.45, 7) is 2.12. The van der Waals surface area contributed by atoms with Crippen molar-refractivity contribution in [2.75, 3.05) is 24.7 Å². The van der Waals surface area contributed by atoms with E-state index in [4.69, 9.17) is 0 Å². The predicted octanol–water partition coefficient (Wildman–Crippen LogP) is 1.41. The third-order valence-corrected chi connectivity index (χ3v) is 3.36. The first kappa shape index (κ1) is 15.6. The van der Waals surface area contributed by atoms with Crippen molar-refractivity contribution in [2.45, 2.75) is 13.5 Å². The van der Waals surface area contributed by atoms with Gasteiger partial charge in [-0.3, -0.25) is 19.7 Å².